The number of aldehydes is 1. The maximum absolute atomic E-state index is 10.2. The van der Waals surface area contributed by atoms with E-state index in [0.717, 1.165) is 31.4 Å². The molecule has 0 radical (unpaired) electrons. The molecule has 0 bridgehead atoms. The highest BCUT2D eigenvalue weighted by molar-refractivity contribution is 6.17. The van der Waals surface area contributed by atoms with E-state index in [9.17, 15) is 4.79 Å². The van der Waals surface area contributed by atoms with Crippen LogP contribution in [-0.4, -0.2) is 12.2 Å². The molecule has 0 aromatic rings. The van der Waals surface area contributed by atoms with Gasteiger partial charge in [-0.25, -0.2) is 0 Å². The summed E-state index contributed by atoms with van der Waals surface area (Å²) in [5.74, 6) is 0.792. The van der Waals surface area contributed by atoms with E-state index in [1.165, 1.54) is 109 Å². The molecule has 1 nitrogen and oxygen atoms in total. The van der Waals surface area contributed by atoms with Crippen LogP contribution in [0.5, 0.6) is 0 Å². The van der Waals surface area contributed by atoms with Gasteiger partial charge < -0.3 is 4.79 Å². The van der Waals surface area contributed by atoms with Crippen molar-refractivity contribution in [3.05, 3.63) is 0 Å². The van der Waals surface area contributed by atoms with E-state index in [1.54, 1.807) is 0 Å². The van der Waals surface area contributed by atoms with Crippen molar-refractivity contribution in [2.24, 2.45) is 0 Å². The molecule has 0 heterocycles. The summed E-state index contributed by atoms with van der Waals surface area (Å²) in [6, 6.07) is 0. The Morgan fingerprint density at radius 3 is 1.00 bits per heavy atom. The number of unbranched alkanes of at least 4 members (excludes halogenated alkanes) is 18. The zero-order valence-electron chi connectivity index (χ0n) is 18.2. The van der Waals surface area contributed by atoms with Gasteiger partial charge >= 0.3 is 0 Å². The van der Waals surface area contributed by atoms with Crippen molar-refractivity contribution in [2.45, 2.75) is 142 Å². The molecule has 0 aliphatic rings. The Hall–Kier alpha value is -0.0400. The number of halogens is 1. The van der Waals surface area contributed by atoms with Gasteiger partial charge in [-0.15, -0.1) is 11.6 Å². The van der Waals surface area contributed by atoms with Crippen molar-refractivity contribution in [3.8, 4) is 0 Å². The maximum Gasteiger partial charge on any atom is 0.119 e. The van der Waals surface area contributed by atoms with E-state index in [4.69, 9.17) is 11.6 Å². The first-order valence-electron chi connectivity index (χ1n) is 11.8. The molecule has 0 saturated carbocycles. The molecule has 0 amide bonds. The van der Waals surface area contributed by atoms with E-state index < -0.39 is 0 Å². The molecule has 0 aromatic heterocycles. The molecule has 0 spiro atoms. The van der Waals surface area contributed by atoms with Crippen LogP contribution in [0.15, 0.2) is 0 Å². The first-order chi connectivity index (χ1) is 12.8. The first-order valence-corrected chi connectivity index (χ1v) is 12.4. The second-order valence-corrected chi connectivity index (χ2v) is 8.03. The highest BCUT2D eigenvalue weighted by Gasteiger charge is 1.94. The van der Waals surface area contributed by atoms with Crippen molar-refractivity contribution < 1.29 is 4.79 Å². The largest absolute Gasteiger partial charge is 0.303 e. The normalized spacial score (nSPS) is 10.4. The van der Waals surface area contributed by atoms with E-state index in [-0.39, 0.29) is 0 Å². The summed E-state index contributed by atoms with van der Waals surface area (Å²) in [4.78, 5) is 10.2. The minimum Gasteiger partial charge on any atom is -0.303 e. The summed E-state index contributed by atoms with van der Waals surface area (Å²) in [7, 11) is 0. The molecule has 158 valence electrons. The average Bonchev–Trinajstić information content (AvgIpc) is 2.67. The lowest BCUT2D eigenvalue weighted by Crippen LogP contribution is -1.84. The molecule has 0 N–H and O–H groups in total. The Kier molecular flexibility index (Phi) is 32.2. The Morgan fingerprint density at radius 1 is 0.500 bits per heavy atom. The number of hydrogen-bond acceptors (Lipinski definition) is 1. The Bertz CT molecular complexity index is 228. The lowest BCUT2D eigenvalue weighted by atomic mass is 10.0. The topological polar surface area (TPSA) is 17.1 Å². The van der Waals surface area contributed by atoms with Crippen LogP contribution in [0.4, 0.5) is 0 Å². The summed E-state index contributed by atoms with van der Waals surface area (Å²) in [6.45, 7) is 4.34. The van der Waals surface area contributed by atoms with Gasteiger partial charge in [0.2, 0.25) is 0 Å². The summed E-state index contributed by atoms with van der Waals surface area (Å²) >= 11 is 5.19. The van der Waals surface area contributed by atoms with Crippen LogP contribution >= 0.6 is 11.6 Å². The van der Waals surface area contributed by atoms with Crippen LogP contribution in [0.25, 0.3) is 0 Å². The predicted molar refractivity (Wildman–Crippen MR) is 120 cm³/mol. The fourth-order valence-electron chi connectivity index (χ4n) is 3.13. The lowest BCUT2D eigenvalue weighted by molar-refractivity contribution is -0.107. The quantitative estimate of drug-likeness (QED) is 0.115. The van der Waals surface area contributed by atoms with Gasteiger partial charge in [-0.1, -0.05) is 123 Å². The van der Waals surface area contributed by atoms with Crippen molar-refractivity contribution in [3.63, 3.8) is 0 Å². The van der Waals surface area contributed by atoms with Gasteiger partial charge in [-0.05, 0) is 12.8 Å². The van der Waals surface area contributed by atoms with Crippen molar-refractivity contribution in [1.29, 1.82) is 0 Å². The Labute approximate surface area is 171 Å². The highest BCUT2D eigenvalue weighted by atomic mass is 35.5. The molecule has 0 atom stereocenters. The minimum absolute atomic E-state index is 0.763. The van der Waals surface area contributed by atoms with Gasteiger partial charge in [-0.3, -0.25) is 0 Å². The number of carbonyl (C=O) groups excluding carboxylic acids is 1. The standard InChI is InChI=1S/C21H42O.C3H7Cl/c1-2-3-4-5-6-7-8-9-10-11-12-13-14-15-16-17-18-19-20-21-22;1-2-3-4/h21H,2-20H2,1H3;2-3H2,1H3. The smallest absolute Gasteiger partial charge is 0.119 e. The molecule has 0 unspecified atom stereocenters. The van der Waals surface area contributed by atoms with Crippen molar-refractivity contribution in [1.82, 2.24) is 0 Å². The predicted octanol–water partition coefficient (Wildman–Crippen LogP) is 9.25. The van der Waals surface area contributed by atoms with E-state index >= 15 is 0 Å². The molecular formula is C24H49ClO. The zero-order chi connectivity index (χ0) is 19.6. The van der Waals surface area contributed by atoms with Crippen molar-refractivity contribution in [2.75, 3.05) is 5.88 Å². The minimum atomic E-state index is 0.763. The van der Waals surface area contributed by atoms with Gasteiger partial charge in [0.1, 0.15) is 6.29 Å². The van der Waals surface area contributed by atoms with E-state index in [2.05, 4.69) is 6.92 Å². The third-order valence-electron chi connectivity index (χ3n) is 4.86. The first kappa shape index (κ1) is 28.2. The number of alkyl halides is 1. The second-order valence-electron chi connectivity index (χ2n) is 7.65. The molecule has 0 rings (SSSR count). The van der Waals surface area contributed by atoms with E-state index in [0.29, 0.717) is 0 Å². The molecular weight excluding hydrogens is 340 g/mol. The molecule has 0 fully saturated rings. The second kappa shape index (κ2) is 29.7. The van der Waals surface area contributed by atoms with Crippen LogP contribution in [0.3, 0.4) is 0 Å². The van der Waals surface area contributed by atoms with Crippen LogP contribution in [0.1, 0.15) is 142 Å². The van der Waals surface area contributed by atoms with Crippen LogP contribution < -0.4 is 0 Å². The summed E-state index contributed by atoms with van der Waals surface area (Å²) < 4.78 is 0. The van der Waals surface area contributed by atoms with E-state index in [1.807, 2.05) is 6.92 Å². The molecule has 0 saturated heterocycles. The summed E-state index contributed by atoms with van der Waals surface area (Å²) in [6.07, 6.45) is 28.1. The number of hydrogen-bond donors (Lipinski definition) is 0. The van der Waals surface area contributed by atoms with Crippen molar-refractivity contribution >= 4 is 17.9 Å². The van der Waals surface area contributed by atoms with Gasteiger partial charge in [0.05, 0.1) is 0 Å². The third-order valence-corrected chi connectivity index (χ3v) is 5.24. The fourth-order valence-corrected chi connectivity index (χ4v) is 3.13. The SMILES string of the molecule is CCCCCCCCCCCCCCCCCCCCC=O.CCCCl. The van der Waals surface area contributed by atoms with Gasteiger partial charge in [0.25, 0.3) is 0 Å². The third kappa shape index (κ3) is 31.7. The van der Waals surface area contributed by atoms with Crippen LogP contribution in [0.2, 0.25) is 0 Å². The zero-order valence-corrected chi connectivity index (χ0v) is 19.0. The van der Waals surface area contributed by atoms with Gasteiger partial charge in [0.15, 0.2) is 0 Å². The van der Waals surface area contributed by atoms with Gasteiger partial charge in [0, 0.05) is 12.3 Å². The monoisotopic (exact) mass is 388 g/mol. The summed E-state index contributed by atoms with van der Waals surface area (Å²) in [5.41, 5.74) is 0. The molecule has 26 heavy (non-hydrogen) atoms. The summed E-state index contributed by atoms with van der Waals surface area (Å²) in [5, 5.41) is 0. The van der Waals surface area contributed by atoms with Crippen LogP contribution in [-0.2, 0) is 4.79 Å². The fraction of sp³-hybridized carbons (Fsp3) is 0.958. The average molecular weight is 389 g/mol. The number of rotatable bonds is 20. The highest BCUT2D eigenvalue weighted by Crippen LogP contribution is 2.14. The van der Waals surface area contributed by atoms with Gasteiger partial charge in [-0.2, -0.15) is 0 Å². The lowest BCUT2D eigenvalue weighted by Gasteiger charge is -2.03. The Morgan fingerprint density at radius 2 is 0.769 bits per heavy atom. The molecule has 0 aromatic carbocycles. The molecule has 2 heteroatoms. The maximum atomic E-state index is 10.2. The molecule has 0 aliphatic carbocycles. The Balaban J connectivity index is 0. The van der Waals surface area contributed by atoms with Crippen LogP contribution in [0, 0.1) is 0 Å². The molecule has 0 aliphatic heterocycles. The number of carbonyl (C=O) groups is 1.